The summed E-state index contributed by atoms with van der Waals surface area (Å²) < 4.78 is 11.5. The number of aldehydes is 1. The van der Waals surface area contributed by atoms with Gasteiger partial charge >= 0.3 is 0 Å². The average molecular weight is 306 g/mol. The van der Waals surface area contributed by atoms with Crippen LogP contribution in [0, 0.1) is 11.8 Å². The van der Waals surface area contributed by atoms with Gasteiger partial charge < -0.3 is 14.4 Å². The van der Waals surface area contributed by atoms with Crippen molar-refractivity contribution in [1.82, 2.24) is 0 Å². The molecule has 1 saturated heterocycles. The highest BCUT2D eigenvalue weighted by Crippen LogP contribution is 2.27. The van der Waals surface area contributed by atoms with Crippen LogP contribution >= 0.6 is 0 Å². The van der Waals surface area contributed by atoms with Crippen molar-refractivity contribution in [3.63, 3.8) is 0 Å². The van der Waals surface area contributed by atoms with Crippen LogP contribution in [0.25, 0.3) is 0 Å². The molecular weight excluding hydrogens is 278 g/mol. The van der Waals surface area contributed by atoms with Crippen LogP contribution in [0.5, 0.6) is 11.5 Å². The number of likely N-dealkylation sites (tertiary alicyclic amines) is 1. The Labute approximate surface area is 133 Å². The molecule has 2 rings (SSSR count). The van der Waals surface area contributed by atoms with Gasteiger partial charge in [0.05, 0.1) is 19.7 Å². The summed E-state index contributed by atoms with van der Waals surface area (Å²) in [7, 11) is 0. The molecule has 0 aromatic heterocycles. The number of carbonyl (C=O) groups is 1. The van der Waals surface area contributed by atoms with Crippen LogP contribution in [0.15, 0.2) is 18.2 Å². The maximum Gasteiger partial charge on any atom is 0.161 e. The Morgan fingerprint density at radius 1 is 1.18 bits per heavy atom. The third-order valence-corrected chi connectivity index (χ3v) is 4.20. The van der Waals surface area contributed by atoms with Crippen LogP contribution in [0.4, 0.5) is 0 Å². The fraction of sp³-hybridized carbons (Fsp3) is 0.611. The lowest BCUT2D eigenvalue weighted by molar-refractivity contribution is -0.912. The van der Waals surface area contributed by atoms with E-state index in [1.54, 1.807) is 17.0 Å². The molecule has 2 atom stereocenters. The summed E-state index contributed by atoms with van der Waals surface area (Å²) in [5.41, 5.74) is 0.611. The third-order valence-electron chi connectivity index (χ3n) is 4.20. The van der Waals surface area contributed by atoms with Gasteiger partial charge in [-0.1, -0.05) is 13.8 Å². The summed E-state index contributed by atoms with van der Waals surface area (Å²) in [6.45, 7) is 11.3. The van der Waals surface area contributed by atoms with E-state index in [1.807, 2.05) is 13.0 Å². The second-order valence-electron chi connectivity index (χ2n) is 6.46. The summed E-state index contributed by atoms with van der Waals surface area (Å²) in [4.78, 5) is 12.5. The molecule has 0 radical (unpaired) electrons. The molecule has 0 bridgehead atoms. The maximum absolute atomic E-state index is 10.9. The van der Waals surface area contributed by atoms with Gasteiger partial charge in [0.2, 0.25) is 0 Å². The van der Waals surface area contributed by atoms with Crippen LogP contribution in [-0.4, -0.2) is 39.1 Å². The van der Waals surface area contributed by atoms with Crippen molar-refractivity contribution in [3.8, 4) is 11.5 Å². The summed E-state index contributed by atoms with van der Waals surface area (Å²) in [5.74, 6) is 2.97. The second-order valence-corrected chi connectivity index (χ2v) is 6.46. The highest BCUT2D eigenvalue weighted by molar-refractivity contribution is 5.76. The summed E-state index contributed by atoms with van der Waals surface area (Å²) in [5, 5.41) is 0. The van der Waals surface area contributed by atoms with E-state index in [4.69, 9.17) is 9.47 Å². The zero-order valence-corrected chi connectivity index (χ0v) is 13.9. The van der Waals surface area contributed by atoms with Gasteiger partial charge in [-0.15, -0.1) is 0 Å². The highest BCUT2D eigenvalue weighted by Gasteiger charge is 2.24. The van der Waals surface area contributed by atoms with Crippen molar-refractivity contribution in [2.24, 2.45) is 11.8 Å². The largest absolute Gasteiger partial charge is 0.490 e. The van der Waals surface area contributed by atoms with Gasteiger partial charge in [-0.05, 0) is 31.5 Å². The predicted molar refractivity (Wildman–Crippen MR) is 87.0 cm³/mol. The second kappa shape index (κ2) is 8.18. The highest BCUT2D eigenvalue weighted by atomic mass is 16.5. The normalized spacial score (nSPS) is 24.8. The summed E-state index contributed by atoms with van der Waals surface area (Å²) in [6, 6.07) is 5.33. The first kappa shape index (κ1) is 16.8. The lowest BCUT2D eigenvalue weighted by Crippen LogP contribution is -3.14. The molecule has 0 amide bonds. The van der Waals surface area contributed by atoms with Crippen molar-refractivity contribution >= 4 is 6.29 Å². The fourth-order valence-corrected chi connectivity index (χ4v) is 3.42. The molecule has 0 unspecified atom stereocenters. The smallest absolute Gasteiger partial charge is 0.161 e. The van der Waals surface area contributed by atoms with Gasteiger partial charge in [-0.3, -0.25) is 4.79 Å². The SMILES string of the molecule is CCOc1cc(C=O)ccc1OCC[NH+]1C[C@H](C)C[C@@H](C)C1. The topological polar surface area (TPSA) is 40.0 Å². The van der Waals surface area contributed by atoms with Gasteiger partial charge in [0.1, 0.15) is 19.4 Å². The summed E-state index contributed by atoms with van der Waals surface area (Å²) in [6.07, 6.45) is 2.17. The van der Waals surface area contributed by atoms with E-state index in [9.17, 15) is 4.79 Å². The number of benzene rings is 1. The van der Waals surface area contributed by atoms with E-state index in [2.05, 4.69) is 13.8 Å². The van der Waals surface area contributed by atoms with E-state index >= 15 is 0 Å². The minimum atomic E-state index is 0.561. The molecule has 0 saturated carbocycles. The van der Waals surface area contributed by atoms with Crippen LogP contribution in [-0.2, 0) is 0 Å². The first-order valence-electron chi connectivity index (χ1n) is 8.30. The monoisotopic (exact) mass is 306 g/mol. The van der Waals surface area contributed by atoms with Crippen molar-refractivity contribution in [3.05, 3.63) is 23.8 Å². The molecule has 1 fully saturated rings. The first-order valence-corrected chi connectivity index (χ1v) is 8.30. The Hall–Kier alpha value is -1.55. The molecule has 1 aliphatic rings. The van der Waals surface area contributed by atoms with Crippen LogP contribution < -0.4 is 14.4 Å². The Morgan fingerprint density at radius 3 is 2.55 bits per heavy atom. The summed E-state index contributed by atoms with van der Waals surface area (Å²) >= 11 is 0. The Morgan fingerprint density at radius 2 is 1.91 bits per heavy atom. The Bertz CT molecular complexity index is 479. The van der Waals surface area contributed by atoms with Crippen LogP contribution in [0.3, 0.4) is 0 Å². The number of quaternary nitrogens is 1. The van der Waals surface area contributed by atoms with Gasteiger partial charge in [-0.25, -0.2) is 0 Å². The number of rotatable bonds is 7. The van der Waals surface area contributed by atoms with Gasteiger partial charge in [0.15, 0.2) is 11.5 Å². The average Bonchev–Trinajstić information content (AvgIpc) is 2.48. The van der Waals surface area contributed by atoms with Gasteiger partial charge in [0.25, 0.3) is 0 Å². The number of ether oxygens (including phenoxy) is 2. The molecule has 1 N–H and O–H groups in total. The molecule has 0 aliphatic carbocycles. The molecule has 0 spiro atoms. The number of hydrogen-bond donors (Lipinski definition) is 1. The van der Waals surface area contributed by atoms with E-state index in [1.165, 1.54) is 19.5 Å². The molecule has 1 heterocycles. The quantitative estimate of drug-likeness (QED) is 0.781. The molecule has 1 aromatic carbocycles. The molecule has 1 aromatic rings. The molecular formula is C18H28NO3+. The predicted octanol–water partition coefficient (Wildman–Crippen LogP) is 1.84. The van der Waals surface area contributed by atoms with Crippen molar-refractivity contribution in [2.75, 3.05) is 32.8 Å². The maximum atomic E-state index is 10.9. The molecule has 4 heteroatoms. The minimum absolute atomic E-state index is 0.561. The van der Waals surface area contributed by atoms with E-state index in [-0.39, 0.29) is 0 Å². The van der Waals surface area contributed by atoms with E-state index < -0.39 is 0 Å². The number of piperidine rings is 1. The number of hydrogen-bond acceptors (Lipinski definition) is 3. The van der Waals surface area contributed by atoms with Gasteiger partial charge in [-0.2, -0.15) is 0 Å². The van der Waals surface area contributed by atoms with Crippen LogP contribution in [0.2, 0.25) is 0 Å². The van der Waals surface area contributed by atoms with Crippen molar-refractivity contribution in [1.29, 1.82) is 0 Å². The molecule has 4 nitrogen and oxygen atoms in total. The number of carbonyl (C=O) groups excluding carboxylic acids is 1. The minimum Gasteiger partial charge on any atom is -0.490 e. The lowest BCUT2D eigenvalue weighted by atomic mass is 9.92. The number of nitrogens with one attached hydrogen (secondary N) is 1. The third kappa shape index (κ3) is 4.73. The van der Waals surface area contributed by atoms with Crippen molar-refractivity contribution < 1.29 is 19.2 Å². The fourth-order valence-electron chi connectivity index (χ4n) is 3.42. The zero-order valence-electron chi connectivity index (χ0n) is 13.9. The first-order chi connectivity index (χ1) is 10.6. The van der Waals surface area contributed by atoms with Crippen molar-refractivity contribution in [2.45, 2.75) is 27.2 Å². The molecule has 122 valence electrons. The van der Waals surface area contributed by atoms with E-state index in [0.717, 1.165) is 30.4 Å². The molecule has 1 aliphatic heterocycles. The van der Waals surface area contributed by atoms with Crippen LogP contribution in [0.1, 0.15) is 37.6 Å². The van der Waals surface area contributed by atoms with Gasteiger partial charge in [0, 0.05) is 17.4 Å². The Balaban J connectivity index is 1.89. The zero-order chi connectivity index (χ0) is 15.9. The Kier molecular flexibility index (Phi) is 6.25. The molecule has 22 heavy (non-hydrogen) atoms. The lowest BCUT2D eigenvalue weighted by Gasteiger charge is -2.31. The standard InChI is InChI=1S/C18H27NO3/c1-4-21-18-10-16(13-20)5-6-17(18)22-8-7-19-11-14(2)9-15(3)12-19/h5-6,10,13-15H,4,7-9,11-12H2,1-3H3/p+1/t14-,15-/m1/s1. The van der Waals surface area contributed by atoms with E-state index in [0.29, 0.717) is 24.5 Å².